The second-order valence-corrected chi connectivity index (χ2v) is 4.61. The molecule has 1 aromatic heterocycles. The van der Waals surface area contributed by atoms with Crippen LogP contribution in [0.1, 0.15) is 0 Å². The van der Waals surface area contributed by atoms with Crippen molar-refractivity contribution in [2.45, 2.75) is 6.04 Å². The highest BCUT2D eigenvalue weighted by Gasteiger charge is 2.24. The zero-order valence-corrected chi connectivity index (χ0v) is 10.4. The Labute approximate surface area is 106 Å². The standard InChI is InChI=1S/C13H17N3O2/c1-15-9-14-13-11(15)3-2-4-12(13)16-5-6-18-8-10(16)7-17/h2-4,9-10,17H,5-8H2,1H3/t10-/m0/s1. The zero-order chi connectivity index (χ0) is 12.5. The summed E-state index contributed by atoms with van der Waals surface area (Å²) in [5.74, 6) is 0. The second-order valence-electron chi connectivity index (χ2n) is 4.61. The van der Waals surface area contributed by atoms with Crippen molar-refractivity contribution >= 4 is 16.7 Å². The Bertz CT molecular complexity index is 552. The van der Waals surface area contributed by atoms with Crippen LogP contribution in [0.25, 0.3) is 11.0 Å². The Morgan fingerprint density at radius 1 is 1.50 bits per heavy atom. The third-order valence-corrected chi connectivity index (χ3v) is 3.48. The summed E-state index contributed by atoms with van der Waals surface area (Å²) in [5, 5.41) is 9.45. The highest BCUT2D eigenvalue weighted by molar-refractivity contribution is 5.89. The maximum absolute atomic E-state index is 9.45. The maximum Gasteiger partial charge on any atom is 0.112 e. The number of aromatic nitrogens is 2. The highest BCUT2D eigenvalue weighted by Crippen LogP contribution is 2.27. The molecule has 0 amide bonds. The molecule has 1 saturated heterocycles. The van der Waals surface area contributed by atoms with Crippen LogP contribution < -0.4 is 4.90 Å². The van der Waals surface area contributed by atoms with Crippen molar-refractivity contribution in [2.24, 2.45) is 7.05 Å². The fourth-order valence-corrected chi connectivity index (χ4v) is 2.50. The van der Waals surface area contributed by atoms with Gasteiger partial charge in [-0.3, -0.25) is 0 Å². The lowest BCUT2D eigenvalue weighted by Gasteiger charge is -2.36. The van der Waals surface area contributed by atoms with Gasteiger partial charge in [0.1, 0.15) is 5.52 Å². The largest absolute Gasteiger partial charge is 0.394 e. The van der Waals surface area contributed by atoms with Gasteiger partial charge in [-0.1, -0.05) is 6.07 Å². The number of anilines is 1. The van der Waals surface area contributed by atoms with Crippen LogP contribution in [0.4, 0.5) is 5.69 Å². The lowest BCUT2D eigenvalue weighted by Crippen LogP contribution is -2.47. The fourth-order valence-electron chi connectivity index (χ4n) is 2.50. The minimum atomic E-state index is 0.0198. The lowest BCUT2D eigenvalue weighted by atomic mass is 10.1. The number of ether oxygens (including phenoxy) is 1. The predicted molar refractivity (Wildman–Crippen MR) is 69.8 cm³/mol. The van der Waals surface area contributed by atoms with Gasteiger partial charge in [0, 0.05) is 13.6 Å². The van der Waals surface area contributed by atoms with Gasteiger partial charge < -0.3 is 19.3 Å². The molecule has 0 unspecified atom stereocenters. The van der Waals surface area contributed by atoms with Crippen molar-refractivity contribution in [3.63, 3.8) is 0 Å². The first-order chi connectivity index (χ1) is 8.81. The molecule has 1 N–H and O–H groups in total. The van der Waals surface area contributed by atoms with Gasteiger partial charge in [-0.25, -0.2) is 4.98 Å². The van der Waals surface area contributed by atoms with Crippen molar-refractivity contribution in [1.29, 1.82) is 0 Å². The number of aliphatic hydroxyl groups is 1. The quantitative estimate of drug-likeness (QED) is 0.851. The molecule has 0 radical (unpaired) electrons. The molecule has 2 aromatic rings. The Balaban J connectivity index is 2.07. The Morgan fingerprint density at radius 2 is 2.39 bits per heavy atom. The lowest BCUT2D eigenvalue weighted by molar-refractivity contribution is 0.0728. The molecule has 0 saturated carbocycles. The molecule has 1 aromatic carbocycles. The molecule has 0 spiro atoms. The third kappa shape index (κ3) is 1.76. The molecule has 5 nitrogen and oxygen atoms in total. The summed E-state index contributed by atoms with van der Waals surface area (Å²) in [6.45, 7) is 2.16. The molecule has 1 aliphatic rings. The first-order valence-corrected chi connectivity index (χ1v) is 6.16. The van der Waals surface area contributed by atoms with E-state index in [1.807, 2.05) is 24.0 Å². The van der Waals surface area contributed by atoms with Gasteiger partial charge in [-0.05, 0) is 12.1 Å². The SMILES string of the molecule is Cn1cnc2c(N3CCOC[C@@H]3CO)cccc21. The zero-order valence-electron chi connectivity index (χ0n) is 10.4. The number of benzene rings is 1. The molecule has 1 aliphatic heterocycles. The summed E-state index contributed by atoms with van der Waals surface area (Å²) in [5.41, 5.74) is 3.17. The van der Waals surface area contributed by atoms with E-state index in [2.05, 4.69) is 22.0 Å². The normalized spacial score (nSPS) is 20.6. The Hall–Kier alpha value is -1.59. The Morgan fingerprint density at radius 3 is 3.22 bits per heavy atom. The van der Waals surface area contributed by atoms with Gasteiger partial charge >= 0.3 is 0 Å². The van der Waals surface area contributed by atoms with Gasteiger partial charge in [-0.2, -0.15) is 0 Å². The molecule has 96 valence electrons. The van der Waals surface area contributed by atoms with E-state index in [0.717, 1.165) is 23.3 Å². The highest BCUT2D eigenvalue weighted by atomic mass is 16.5. The van der Waals surface area contributed by atoms with E-state index < -0.39 is 0 Å². The van der Waals surface area contributed by atoms with E-state index in [4.69, 9.17) is 4.74 Å². The smallest absolute Gasteiger partial charge is 0.112 e. The summed E-state index contributed by atoms with van der Waals surface area (Å²) in [6, 6.07) is 6.17. The van der Waals surface area contributed by atoms with Crippen LogP contribution in [-0.2, 0) is 11.8 Å². The number of aliphatic hydroxyl groups excluding tert-OH is 1. The monoisotopic (exact) mass is 247 g/mol. The molecule has 2 heterocycles. The van der Waals surface area contributed by atoms with Crippen LogP contribution in [-0.4, -0.2) is 47.1 Å². The Kier molecular flexibility index (Phi) is 2.93. The summed E-state index contributed by atoms with van der Waals surface area (Å²) in [6.07, 6.45) is 1.82. The van der Waals surface area contributed by atoms with Crippen molar-refractivity contribution in [2.75, 3.05) is 31.3 Å². The number of para-hydroxylation sites is 1. The number of hydrogen-bond acceptors (Lipinski definition) is 4. The summed E-state index contributed by atoms with van der Waals surface area (Å²) in [7, 11) is 1.99. The first-order valence-electron chi connectivity index (χ1n) is 6.16. The van der Waals surface area contributed by atoms with Crippen LogP contribution >= 0.6 is 0 Å². The predicted octanol–water partition coefficient (Wildman–Crippen LogP) is 0.771. The molecule has 0 bridgehead atoms. The van der Waals surface area contributed by atoms with E-state index in [1.54, 1.807) is 0 Å². The number of morpholine rings is 1. The first kappa shape index (κ1) is 11.5. The minimum absolute atomic E-state index is 0.0198. The van der Waals surface area contributed by atoms with Crippen LogP contribution in [0.15, 0.2) is 24.5 Å². The number of aryl methyl sites for hydroxylation is 1. The average Bonchev–Trinajstić information content (AvgIpc) is 2.81. The van der Waals surface area contributed by atoms with Crippen molar-refractivity contribution in [1.82, 2.24) is 9.55 Å². The van der Waals surface area contributed by atoms with Crippen LogP contribution in [0.2, 0.25) is 0 Å². The second kappa shape index (κ2) is 4.59. The third-order valence-electron chi connectivity index (χ3n) is 3.48. The molecule has 3 rings (SSSR count). The van der Waals surface area contributed by atoms with Gasteiger partial charge in [0.2, 0.25) is 0 Å². The topological polar surface area (TPSA) is 50.5 Å². The van der Waals surface area contributed by atoms with E-state index in [-0.39, 0.29) is 12.6 Å². The number of fused-ring (bicyclic) bond motifs is 1. The van der Waals surface area contributed by atoms with Crippen LogP contribution in [0.5, 0.6) is 0 Å². The number of nitrogens with zero attached hydrogens (tertiary/aromatic N) is 3. The minimum Gasteiger partial charge on any atom is -0.394 e. The average molecular weight is 247 g/mol. The number of rotatable bonds is 2. The van der Waals surface area contributed by atoms with Gasteiger partial charge in [0.05, 0.1) is 43.4 Å². The van der Waals surface area contributed by atoms with Gasteiger partial charge in [0.25, 0.3) is 0 Å². The van der Waals surface area contributed by atoms with E-state index >= 15 is 0 Å². The molecule has 1 fully saturated rings. The van der Waals surface area contributed by atoms with Crippen molar-refractivity contribution in [3.8, 4) is 0 Å². The van der Waals surface area contributed by atoms with E-state index in [1.165, 1.54) is 0 Å². The molecular formula is C13H17N3O2. The van der Waals surface area contributed by atoms with Gasteiger partial charge in [0.15, 0.2) is 0 Å². The summed E-state index contributed by atoms with van der Waals surface area (Å²) >= 11 is 0. The number of imidazole rings is 1. The van der Waals surface area contributed by atoms with Crippen molar-refractivity contribution < 1.29 is 9.84 Å². The molecule has 18 heavy (non-hydrogen) atoms. The maximum atomic E-state index is 9.45. The fraction of sp³-hybridized carbons (Fsp3) is 0.462. The van der Waals surface area contributed by atoms with E-state index in [9.17, 15) is 5.11 Å². The van der Waals surface area contributed by atoms with Gasteiger partial charge in [-0.15, -0.1) is 0 Å². The summed E-state index contributed by atoms with van der Waals surface area (Å²) in [4.78, 5) is 6.65. The van der Waals surface area contributed by atoms with Crippen LogP contribution in [0.3, 0.4) is 0 Å². The molecular weight excluding hydrogens is 230 g/mol. The number of hydrogen-bond donors (Lipinski definition) is 1. The molecule has 5 heteroatoms. The van der Waals surface area contributed by atoms with Crippen LogP contribution in [0, 0.1) is 0 Å². The molecule has 0 aliphatic carbocycles. The summed E-state index contributed by atoms with van der Waals surface area (Å²) < 4.78 is 7.42. The van der Waals surface area contributed by atoms with Crippen molar-refractivity contribution in [3.05, 3.63) is 24.5 Å². The van der Waals surface area contributed by atoms with E-state index in [0.29, 0.717) is 13.2 Å². The molecule has 1 atom stereocenters.